The molecule has 25 heavy (non-hydrogen) atoms. The molecule has 0 spiro atoms. The van der Waals surface area contributed by atoms with Crippen LogP contribution in [0.25, 0.3) is 0 Å². The van der Waals surface area contributed by atoms with Crippen molar-refractivity contribution < 1.29 is 13.2 Å². The number of hydrogen-bond donors (Lipinski definition) is 1. The molecule has 0 fully saturated rings. The number of sulfonamides is 1. The fourth-order valence-electron chi connectivity index (χ4n) is 2.17. The van der Waals surface area contributed by atoms with Crippen molar-refractivity contribution in [2.24, 2.45) is 0 Å². The summed E-state index contributed by atoms with van der Waals surface area (Å²) in [6, 6.07) is 8.90. The maximum absolute atomic E-state index is 12.5. The molecule has 9 heteroatoms. The van der Waals surface area contributed by atoms with Gasteiger partial charge in [0.2, 0.25) is 10.0 Å². The predicted octanol–water partition coefficient (Wildman–Crippen LogP) is 3.42. The molecule has 0 unspecified atom stereocenters. The summed E-state index contributed by atoms with van der Waals surface area (Å²) in [6.07, 6.45) is 1.65. The van der Waals surface area contributed by atoms with Crippen molar-refractivity contribution in [3.8, 4) is 0 Å². The zero-order valence-electron chi connectivity index (χ0n) is 13.8. The lowest BCUT2D eigenvalue weighted by Gasteiger charge is -2.17. The summed E-state index contributed by atoms with van der Waals surface area (Å²) in [7, 11) is -1.50. The maximum Gasteiger partial charge on any atom is 0.263 e. The maximum atomic E-state index is 12.5. The molecule has 0 aliphatic carbocycles. The van der Waals surface area contributed by atoms with Crippen molar-refractivity contribution in [1.29, 1.82) is 0 Å². The van der Waals surface area contributed by atoms with Crippen LogP contribution < -0.4 is 4.72 Å². The van der Waals surface area contributed by atoms with Crippen LogP contribution in [0.15, 0.2) is 30.3 Å². The highest BCUT2D eigenvalue weighted by molar-refractivity contribution is 7.88. The van der Waals surface area contributed by atoms with Gasteiger partial charge in [0, 0.05) is 25.0 Å². The lowest BCUT2D eigenvalue weighted by Crippen LogP contribution is -2.25. The van der Waals surface area contributed by atoms with Gasteiger partial charge in [0.15, 0.2) is 0 Å². The average Bonchev–Trinajstić information content (AvgIpc) is 2.98. The van der Waals surface area contributed by atoms with E-state index in [2.05, 4.69) is 4.72 Å². The number of thiophene rings is 1. The Morgan fingerprint density at radius 2 is 1.96 bits per heavy atom. The van der Waals surface area contributed by atoms with Gasteiger partial charge in [-0.25, -0.2) is 13.1 Å². The van der Waals surface area contributed by atoms with E-state index in [4.69, 9.17) is 23.2 Å². The standard InChI is InChI=1S/C16H18Cl2N2O3S2/c1-20(10-11-4-3-5-13(17)15(11)18)16(21)14-7-6-12(24-14)8-9-19-25(2,22)23/h3-7,19H,8-10H2,1-2H3. The Morgan fingerprint density at radius 1 is 1.24 bits per heavy atom. The molecule has 5 nitrogen and oxygen atoms in total. The Hall–Kier alpha value is -1.12. The van der Waals surface area contributed by atoms with Crippen LogP contribution in [-0.4, -0.2) is 39.1 Å². The number of carbonyl (C=O) groups is 1. The molecule has 0 radical (unpaired) electrons. The summed E-state index contributed by atoms with van der Waals surface area (Å²) in [5.41, 5.74) is 0.777. The van der Waals surface area contributed by atoms with Gasteiger partial charge in [-0.3, -0.25) is 4.79 Å². The Kier molecular flexibility index (Phi) is 6.87. The number of nitrogens with one attached hydrogen (secondary N) is 1. The van der Waals surface area contributed by atoms with Gasteiger partial charge in [0.05, 0.1) is 21.2 Å². The lowest BCUT2D eigenvalue weighted by molar-refractivity contribution is 0.0790. The van der Waals surface area contributed by atoms with Gasteiger partial charge in [0.25, 0.3) is 5.91 Å². The first kappa shape index (κ1) is 20.2. The summed E-state index contributed by atoms with van der Waals surface area (Å²) in [5.74, 6) is -0.122. The summed E-state index contributed by atoms with van der Waals surface area (Å²) in [4.78, 5) is 15.6. The molecule has 1 heterocycles. The van der Waals surface area contributed by atoms with Crippen LogP contribution in [0.5, 0.6) is 0 Å². The molecule has 1 aromatic heterocycles. The third-order valence-corrected chi connectivity index (χ3v) is 6.11. The molecule has 2 rings (SSSR count). The molecular weight excluding hydrogens is 403 g/mol. The van der Waals surface area contributed by atoms with Gasteiger partial charge in [-0.1, -0.05) is 35.3 Å². The van der Waals surface area contributed by atoms with Crippen LogP contribution in [0.4, 0.5) is 0 Å². The van der Waals surface area contributed by atoms with E-state index in [1.807, 2.05) is 12.1 Å². The second-order valence-electron chi connectivity index (χ2n) is 5.56. The van der Waals surface area contributed by atoms with Gasteiger partial charge in [-0.05, 0) is 30.2 Å². The van der Waals surface area contributed by atoms with Crippen LogP contribution in [-0.2, 0) is 23.0 Å². The molecule has 0 atom stereocenters. The Balaban J connectivity index is 1.99. The van der Waals surface area contributed by atoms with Gasteiger partial charge in [-0.2, -0.15) is 0 Å². The molecule has 1 amide bonds. The van der Waals surface area contributed by atoms with Crippen molar-refractivity contribution in [1.82, 2.24) is 9.62 Å². The van der Waals surface area contributed by atoms with Crippen LogP contribution >= 0.6 is 34.5 Å². The van der Waals surface area contributed by atoms with E-state index in [0.29, 0.717) is 34.4 Å². The first-order valence-corrected chi connectivity index (χ1v) is 10.9. The van der Waals surface area contributed by atoms with E-state index >= 15 is 0 Å². The normalized spacial score (nSPS) is 11.5. The Bertz CT molecular complexity index is 866. The van der Waals surface area contributed by atoms with Crippen LogP contribution in [0.2, 0.25) is 10.0 Å². The molecule has 0 saturated carbocycles. The third kappa shape index (κ3) is 5.97. The van der Waals surface area contributed by atoms with E-state index in [9.17, 15) is 13.2 Å². The molecule has 0 saturated heterocycles. The molecule has 1 N–H and O–H groups in total. The fourth-order valence-corrected chi connectivity index (χ4v) is 4.03. The first-order valence-electron chi connectivity index (χ1n) is 7.39. The minimum Gasteiger partial charge on any atom is -0.337 e. The minimum absolute atomic E-state index is 0.122. The number of halogens is 2. The number of carbonyl (C=O) groups excluding carboxylic acids is 1. The number of hydrogen-bond acceptors (Lipinski definition) is 4. The van der Waals surface area contributed by atoms with Crippen LogP contribution in [0, 0.1) is 0 Å². The Morgan fingerprint density at radius 3 is 2.64 bits per heavy atom. The van der Waals surface area contributed by atoms with Gasteiger partial charge >= 0.3 is 0 Å². The van der Waals surface area contributed by atoms with E-state index in [1.165, 1.54) is 11.3 Å². The van der Waals surface area contributed by atoms with Crippen LogP contribution in [0.1, 0.15) is 20.1 Å². The van der Waals surface area contributed by atoms with Gasteiger partial charge in [0.1, 0.15) is 0 Å². The molecule has 0 aliphatic rings. The zero-order valence-corrected chi connectivity index (χ0v) is 16.9. The summed E-state index contributed by atoms with van der Waals surface area (Å²) >= 11 is 13.5. The van der Waals surface area contributed by atoms with Gasteiger partial charge in [-0.15, -0.1) is 11.3 Å². The zero-order chi connectivity index (χ0) is 18.6. The van der Waals surface area contributed by atoms with Crippen molar-refractivity contribution in [3.05, 3.63) is 55.7 Å². The predicted molar refractivity (Wildman–Crippen MR) is 103 cm³/mol. The largest absolute Gasteiger partial charge is 0.337 e. The molecule has 0 bridgehead atoms. The second-order valence-corrected chi connectivity index (χ2v) is 9.34. The minimum atomic E-state index is -3.20. The lowest BCUT2D eigenvalue weighted by atomic mass is 10.2. The van der Waals surface area contributed by atoms with E-state index in [1.54, 1.807) is 30.1 Å². The number of amides is 1. The monoisotopic (exact) mass is 420 g/mol. The average molecular weight is 421 g/mol. The number of rotatable bonds is 7. The third-order valence-electron chi connectivity index (χ3n) is 3.39. The molecule has 136 valence electrons. The quantitative estimate of drug-likeness (QED) is 0.745. The van der Waals surface area contributed by atoms with E-state index in [-0.39, 0.29) is 5.91 Å². The topological polar surface area (TPSA) is 66.5 Å². The molecule has 2 aromatic rings. The van der Waals surface area contributed by atoms with Crippen LogP contribution in [0.3, 0.4) is 0 Å². The molecule has 1 aromatic carbocycles. The summed E-state index contributed by atoms with van der Waals surface area (Å²) < 4.78 is 24.6. The first-order chi connectivity index (χ1) is 11.7. The number of nitrogens with zero attached hydrogens (tertiary/aromatic N) is 1. The van der Waals surface area contributed by atoms with Crippen molar-refractivity contribution in [2.45, 2.75) is 13.0 Å². The highest BCUT2D eigenvalue weighted by Crippen LogP contribution is 2.27. The fraction of sp³-hybridized carbons (Fsp3) is 0.312. The summed E-state index contributed by atoms with van der Waals surface area (Å²) in [5, 5.41) is 0.902. The smallest absolute Gasteiger partial charge is 0.263 e. The van der Waals surface area contributed by atoms with E-state index < -0.39 is 10.0 Å². The van der Waals surface area contributed by atoms with Crippen molar-refractivity contribution >= 4 is 50.5 Å². The second kappa shape index (κ2) is 8.51. The molecule has 0 aliphatic heterocycles. The van der Waals surface area contributed by atoms with Crippen molar-refractivity contribution in [2.75, 3.05) is 19.8 Å². The number of benzene rings is 1. The highest BCUT2D eigenvalue weighted by atomic mass is 35.5. The SMILES string of the molecule is CN(Cc1cccc(Cl)c1Cl)C(=O)c1ccc(CCNS(C)(=O)=O)s1. The van der Waals surface area contributed by atoms with E-state index in [0.717, 1.165) is 16.7 Å². The molecular formula is C16H18Cl2N2O3S2. The summed E-state index contributed by atoms with van der Waals surface area (Å²) in [6.45, 7) is 0.655. The Labute approximate surface area is 161 Å². The van der Waals surface area contributed by atoms with Gasteiger partial charge < -0.3 is 4.90 Å². The highest BCUT2D eigenvalue weighted by Gasteiger charge is 2.16. The van der Waals surface area contributed by atoms with Crippen molar-refractivity contribution in [3.63, 3.8) is 0 Å².